The van der Waals surface area contributed by atoms with Crippen LogP contribution in [0.15, 0.2) is 23.8 Å². The van der Waals surface area contributed by atoms with Crippen LogP contribution in [-0.4, -0.2) is 69.1 Å². The Morgan fingerprint density at radius 3 is 2.82 bits per heavy atom. The molecule has 4 fully saturated rings. The molecule has 0 spiro atoms. The predicted octanol–water partition coefficient (Wildman–Crippen LogP) is 2.62. The van der Waals surface area contributed by atoms with Crippen molar-refractivity contribution >= 4 is 18.3 Å². The lowest BCUT2D eigenvalue weighted by Gasteiger charge is -2.61. The molecule has 0 aromatic heterocycles. The molecule has 8 nitrogen and oxygen atoms in total. The Bertz CT molecular complexity index is 854. The molecular formula is C25H35NO7. The average Bonchev–Trinajstić information content (AvgIpc) is 3.13. The first kappa shape index (κ1) is 24.1. The molecule has 2 aliphatic heterocycles. The minimum atomic E-state index is -0.730. The molecule has 2 amide bonds. The van der Waals surface area contributed by atoms with Crippen LogP contribution in [0.25, 0.3) is 0 Å². The molecule has 1 unspecified atom stereocenters. The quantitative estimate of drug-likeness (QED) is 0.260. The lowest BCUT2D eigenvalue weighted by atomic mass is 9.46. The van der Waals surface area contributed by atoms with Crippen molar-refractivity contribution < 1.29 is 33.3 Å². The Hall–Kier alpha value is -2.03. The largest absolute Gasteiger partial charge is 0.460 e. The number of hydrogen-bond acceptors (Lipinski definition) is 7. The van der Waals surface area contributed by atoms with Gasteiger partial charge in [-0.25, -0.2) is 4.79 Å². The van der Waals surface area contributed by atoms with E-state index in [2.05, 4.69) is 20.4 Å². The van der Waals surface area contributed by atoms with E-state index in [0.29, 0.717) is 37.7 Å². The molecule has 0 aromatic rings. The maximum absolute atomic E-state index is 12.5. The van der Waals surface area contributed by atoms with Gasteiger partial charge in [-0.2, -0.15) is 0 Å². The van der Waals surface area contributed by atoms with Crippen molar-refractivity contribution in [2.24, 2.45) is 22.7 Å². The predicted molar refractivity (Wildman–Crippen MR) is 119 cm³/mol. The molecule has 0 N–H and O–H groups in total. The van der Waals surface area contributed by atoms with E-state index < -0.39 is 17.9 Å². The van der Waals surface area contributed by atoms with Gasteiger partial charge in [0.05, 0.1) is 18.3 Å². The number of imide groups is 1. The van der Waals surface area contributed by atoms with Gasteiger partial charge in [0.2, 0.25) is 6.41 Å². The van der Waals surface area contributed by atoms with Gasteiger partial charge >= 0.3 is 5.97 Å². The number of carbonyl (C=O) groups is 3. The molecule has 2 saturated heterocycles. The molecule has 2 aliphatic carbocycles. The normalized spacial score (nSPS) is 39.5. The van der Waals surface area contributed by atoms with Crippen LogP contribution < -0.4 is 0 Å². The van der Waals surface area contributed by atoms with E-state index in [-0.39, 0.29) is 36.1 Å². The molecule has 0 radical (unpaired) electrons. The topological polar surface area (TPSA) is 91.4 Å². The summed E-state index contributed by atoms with van der Waals surface area (Å²) in [6, 6.07) is -0.730. The van der Waals surface area contributed by atoms with Crippen molar-refractivity contribution in [2.45, 2.75) is 58.1 Å². The lowest BCUT2D eigenvalue weighted by molar-refractivity contribution is -0.259. The maximum Gasteiger partial charge on any atom is 0.336 e. The Morgan fingerprint density at radius 1 is 1.30 bits per heavy atom. The highest BCUT2D eigenvalue weighted by molar-refractivity contribution is 5.96. The highest BCUT2D eigenvalue weighted by atomic mass is 16.7. The minimum absolute atomic E-state index is 0.00404. The van der Waals surface area contributed by atoms with Crippen LogP contribution in [0.1, 0.15) is 46.0 Å². The molecule has 2 heterocycles. The summed E-state index contributed by atoms with van der Waals surface area (Å²) in [6.07, 6.45) is 7.10. The van der Waals surface area contributed by atoms with Crippen molar-refractivity contribution in [1.82, 2.24) is 4.90 Å². The number of methoxy groups -OCH3 is 1. The Labute approximate surface area is 195 Å². The zero-order valence-electron chi connectivity index (χ0n) is 19.8. The number of cyclic esters (lactones) is 1. The number of amides is 2. The van der Waals surface area contributed by atoms with E-state index in [1.165, 1.54) is 12.7 Å². The summed E-state index contributed by atoms with van der Waals surface area (Å²) in [5, 5.41) is 0. The molecule has 182 valence electrons. The van der Waals surface area contributed by atoms with Crippen molar-refractivity contribution in [1.29, 1.82) is 0 Å². The van der Waals surface area contributed by atoms with Crippen molar-refractivity contribution in [2.75, 3.05) is 33.7 Å². The molecule has 8 heteroatoms. The van der Waals surface area contributed by atoms with Gasteiger partial charge in [-0.05, 0) is 49.4 Å². The number of ether oxygens (including phenoxy) is 4. The molecule has 2 saturated carbocycles. The molecule has 4 rings (SSSR count). The standard InChI is InChI=1S/C25H35NO7/c1-16-5-8-20-24(2,10-9-21-25(20,3)13-31-15-33-21)18(16)7-6-17-19(11-32-23(17)29)26(14-27)22(28)12-30-4/h6,14,18-21H,1,5,7-13,15H2,2-4H3/b17-6+/t18-,19?,20+,21-,24+,25+/m1/s1. The van der Waals surface area contributed by atoms with E-state index in [1.54, 1.807) is 0 Å². The van der Waals surface area contributed by atoms with Crippen LogP contribution in [0.4, 0.5) is 0 Å². The Balaban J connectivity index is 1.59. The first-order valence-corrected chi connectivity index (χ1v) is 11.8. The zero-order valence-corrected chi connectivity index (χ0v) is 19.8. The SMILES string of the molecule is C=C1CC[C@@H]2[C@]3(C)COCO[C@@H]3CC[C@@]2(C)[C@@H]1C/C=C1/C(=O)OCC1N(C=O)C(=O)COC. The molecular weight excluding hydrogens is 426 g/mol. The van der Waals surface area contributed by atoms with Crippen LogP contribution >= 0.6 is 0 Å². The summed E-state index contributed by atoms with van der Waals surface area (Å²) in [5.74, 6) is -0.389. The van der Waals surface area contributed by atoms with E-state index in [9.17, 15) is 14.4 Å². The van der Waals surface area contributed by atoms with Crippen LogP contribution in [0.5, 0.6) is 0 Å². The van der Waals surface area contributed by atoms with Gasteiger partial charge in [-0.15, -0.1) is 0 Å². The third-order valence-electron chi connectivity index (χ3n) is 8.63. The first-order chi connectivity index (χ1) is 15.8. The van der Waals surface area contributed by atoms with Crippen molar-refractivity contribution in [3.8, 4) is 0 Å². The van der Waals surface area contributed by atoms with Gasteiger partial charge in [0, 0.05) is 12.5 Å². The number of fused-ring (bicyclic) bond motifs is 3. The zero-order chi connectivity index (χ0) is 23.8. The van der Waals surface area contributed by atoms with E-state index in [0.717, 1.165) is 30.6 Å². The van der Waals surface area contributed by atoms with Gasteiger partial charge in [0.25, 0.3) is 5.91 Å². The number of allylic oxidation sites excluding steroid dienone is 2. The third-order valence-corrected chi connectivity index (χ3v) is 8.63. The number of hydrogen-bond donors (Lipinski definition) is 0. The van der Waals surface area contributed by atoms with Crippen LogP contribution in [0.2, 0.25) is 0 Å². The second-order valence-electron chi connectivity index (χ2n) is 10.3. The first-order valence-electron chi connectivity index (χ1n) is 11.8. The van der Waals surface area contributed by atoms with Gasteiger partial charge in [0.1, 0.15) is 26.0 Å². The highest BCUT2D eigenvalue weighted by Crippen LogP contribution is 2.63. The maximum atomic E-state index is 12.5. The van der Waals surface area contributed by atoms with Gasteiger partial charge in [0.15, 0.2) is 0 Å². The fraction of sp³-hybridized carbons (Fsp3) is 0.720. The second kappa shape index (κ2) is 9.31. The minimum Gasteiger partial charge on any atom is -0.460 e. The molecule has 4 aliphatic rings. The summed E-state index contributed by atoms with van der Waals surface area (Å²) >= 11 is 0. The summed E-state index contributed by atoms with van der Waals surface area (Å²) in [6.45, 7) is 9.82. The van der Waals surface area contributed by atoms with Gasteiger partial charge in [-0.1, -0.05) is 32.1 Å². The Kier molecular flexibility index (Phi) is 6.80. The lowest BCUT2D eigenvalue weighted by Crippen LogP contribution is -2.60. The summed E-state index contributed by atoms with van der Waals surface area (Å²) in [5.41, 5.74) is 1.49. The molecule has 6 atom stereocenters. The second-order valence-corrected chi connectivity index (χ2v) is 10.3. The monoisotopic (exact) mass is 461 g/mol. The van der Waals surface area contributed by atoms with Crippen LogP contribution in [0, 0.1) is 22.7 Å². The fourth-order valence-corrected chi connectivity index (χ4v) is 6.93. The van der Waals surface area contributed by atoms with E-state index in [1.807, 2.05) is 6.08 Å². The van der Waals surface area contributed by atoms with Gasteiger partial charge in [-0.3, -0.25) is 14.5 Å². The molecule has 0 bridgehead atoms. The molecule has 33 heavy (non-hydrogen) atoms. The fourth-order valence-electron chi connectivity index (χ4n) is 6.93. The smallest absolute Gasteiger partial charge is 0.336 e. The third kappa shape index (κ3) is 4.06. The van der Waals surface area contributed by atoms with Crippen molar-refractivity contribution in [3.63, 3.8) is 0 Å². The average molecular weight is 462 g/mol. The van der Waals surface area contributed by atoms with Crippen molar-refractivity contribution in [3.05, 3.63) is 23.8 Å². The number of carbonyl (C=O) groups excluding carboxylic acids is 3. The summed E-state index contributed by atoms with van der Waals surface area (Å²) in [7, 11) is 1.39. The number of nitrogens with zero attached hydrogens (tertiary/aromatic N) is 1. The molecule has 0 aromatic carbocycles. The number of rotatable bonds is 6. The summed E-state index contributed by atoms with van der Waals surface area (Å²) < 4.78 is 21.8. The number of esters is 1. The van der Waals surface area contributed by atoms with E-state index in [4.69, 9.17) is 18.9 Å². The van der Waals surface area contributed by atoms with Crippen LogP contribution in [0.3, 0.4) is 0 Å². The highest BCUT2D eigenvalue weighted by Gasteiger charge is 2.59. The van der Waals surface area contributed by atoms with E-state index >= 15 is 0 Å². The van der Waals surface area contributed by atoms with Gasteiger partial charge < -0.3 is 18.9 Å². The van der Waals surface area contributed by atoms with Crippen LogP contribution in [-0.2, 0) is 33.3 Å². The Morgan fingerprint density at radius 2 is 2.09 bits per heavy atom. The summed E-state index contributed by atoms with van der Waals surface area (Å²) in [4.78, 5) is 37.5.